The average molecular weight is 688 g/mol. The first-order valence-electron chi connectivity index (χ1n) is 15.9. The number of hydrogen-bond acceptors (Lipinski definition) is 8. The Bertz CT molecular complexity index is 1380. The lowest BCUT2D eigenvalue weighted by Gasteiger charge is -2.44. The summed E-state index contributed by atoms with van der Waals surface area (Å²) in [5, 5.41) is 2.80. The Morgan fingerprint density at radius 3 is 2.11 bits per heavy atom. The normalized spacial score (nSPS) is 21.6. The third kappa shape index (κ3) is 11.4. The highest BCUT2D eigenvalue weighted by Gasteiger charge is 2.49. The van der Waals surface area contributed by atoms with Gasteiger partial charge < -0.3 is 27.5 Å². The van der Waals surface area contributed by atoms with Crippen LogP contribution in [0, 0.1) is 23.7 Å². The van der Waals surface area contributed by atoms with Gasteiger partial charge in [0.15, 0.2) is 36.3 Å². The summed E-state index contributed by atoms with van der Waals surface area (Å²) >= 11 is 0. The monoisotopic (exact) mass is 687 g/mol. The molecule has 2 aliphatic carbocycles. The smallest absolute Gasteiger partial charge is 0.453 e. The number of nitrogens with one attached hydrogen (secondary N) is 1. The van der Waals surface area contributed by atoms with Crippen LogP contribution in [0.25, 0.3) is 0 Å². The van der Waals surface area contributed by atoms with Crippen molar-refractivity contribution in [2.24, 2.45) is 0 Å². The van der Waals surface area contributed by atoms with Crippen molar-refractivity contribution in [3.05, 3.63) is 46.9 Å². The maximum absolute atomic E-state index is 13.2. The third-order valence-corrected chi connectivity index (χ3v) is 13.7. The summed E-state index contributed by atoms with van der Waals surface area (Å²) in [5.74, 6) is 12.8. The summed E-state index contributed by atoms with van der Waals surface area (Å²) in [5.41, 5.74) is -1.03. The first kappa shape index (κ1) is 39.3. The third-order valence-electron chi connectivity index (χ3n) is 7.11. The molecule has 1 N–H and O–H groups in total. The van der Waals surface area contributed by atoms with Gasteiger partial charge >= 0.3 is 12.2 Å². The van der Waals surface area contributed by atoms with Crippen LogP contribution in [-0.2, 0) is 27.5 Å². The molecule has 0 aromatic carbocycles. The minimum atomic E-state index is -2.44. The summed E-state index contributed by atoms with van der Waals surface area (Å²) in [6.45, 7) is 24.4. The number of carbonyl (C=O) groups is 2. The topological polar surface area (TPSA) is 102 Å². The maximum atomic E-state index is 13.2. The molecule has 254 valence electrons. The standard InChI is InChI=1S/C34H53NO8Si3/c1-14-46(15-2,16-3)43-34-23-20-18-17-19-21-27(42-45(11,12)13)29(26(34)22-24-39-44(8,9)10)30(35-31(36)38-7)28(25-34)40-32(37)41-33(4,5)6/h17-18,22,25,27H,14-16,24H2,1-13H3,(H,35,36)/b18-17-,26-22+/t27-,34?/m0/s1. The molecule has 9 nitrogen and oxygen atoms in total. The van der Waals surface area contributed by atoms with Gasteiger partial charge in [0.25, 0.3) is 0 Å². The summed E-state index contributed by atoms with van der Waals surface area (Å²) < 4.78 is 36.9. The Morgan fingerprint density at radius 1 is 0.978 bits per heavy atom. The lowest BCUT2D eigenvalue weighted by atomic mass is 9.79. The van der Waals surface area contributed by atoms with Gasteiger partial charge in [0.2, 0.25) is 0 Å². The molecule has 0 aromatic rings. The van der Waals surface area contributed by atoms with Crippen molar-refractivity contribution in [3.8, 4) is 23.7 Å². The van der Waals surface area contributed by atoms with E-state index in [-0.39, 0.29) is 18.1 Å². The Kier molecular flexibility index (Phi) is 13.5. The molecular formula is C34H53NO8Si3. The van der Waals surface area contributed by atoms with Gasteiger partial charge in [-0.25, -0.2) is 9.59 Å². The zero-order valence-electron chi connectivity index (χ0n) is 30.0. The van der Waals surface area contributed by atoms with E-state index in [0.717, 1.165) is 18.1 Å². The van der Waals surface area contributed by atoms with Gasteiger partial charge in [-0.15, -0.1) is 0 Å². The van der Waals surface area contributed by atoms with Crippen LogP contribution in [0.5, 0.6) is 0 Å². The Hall–Kier alpha value is -2.85. The van der Waals surface area contributed by atoms with Crippen LogP contribution in [0.1, 0.15) is 41.5 Å². The van der Waals surface area contributed by atoms with Crippen molar-refractivity contribution < 1.29 is 37.1 Å². The van der Waals surface area contributed by atoms with Gasteiger partial charge in [-0.3, -0.25) is 5.32 Å². The Morgan fingerprint density at radius 2 is 1.59 bits per heavy atom. The molecule has 0 fully saturated rings. The van der Waals surface area contributed by atoms with Crippen molar-refractivity contribution in [1.29, 1.82) is 0 Å². The summed E-state index contributed by atoms with van der Waals surface area (Å²) in [7, 11) is -5.42. The van der Waals surface area contributed by atoms with E-state index in [1.54, 1.807) is 39.0 Å². The van der Waals surface area contributed by atoms with Crippen LogP contribution >= 0.6 is 0 Å². The highest BCUT2D eigenvalue weighted by molar-refractivity contribution is 6.73. The minimum absolute atomic E-state index is 0.00560. The number of fused-ring (bicyclic) bond motifs is 2. The van der Waals surface area contributed by atoms with Crippen LogP contribution in [0.2, 0.25) is 57.4 Å². The van der Waals surface area contributed by atoms with E-state index in [2.05, 4.69) is 89.1 Å². The zero-order valence-corrected chi connectivity index (χ0v) is 33.0. The molecule has 0 aliphatic heterocycles. The fourth-order valence-corrected chi connectivity index (χ4v) is 9.13. The first-order valence-corrected chi connectivity index (χ1v) is 25.2. The maximum Gasteiger partial charge on any atom is 0.514 e. The number of hydrogen-bond donors (Lipinski definition) is 1. The molecule has 46 heavy (non-hydrogen) atoms. The van der Waals surface area contributed by atoms with Gasteiger partial charge in [-0.05, 0) is 90.3 Å². The van der Waals surface area contributed by atoms with E-state index >= 15 is 0 Å². The lowest BCUT2D eigenvalue weighted by molar-refractivity contribution is 0.00608. The first-order chi connectivity index (χ1) is 21.2. The molecule has 1 amide bonds. The highest BCUT2D eigenvalue weighted by atomic mass is 28.4. The Labute approximate surface area is 279 Å². The summed E-state index contributed by atoms with van der Waals surface area (Å²) in [6.07, 6.45) is 4.35. The van der Waals surface area contributed by atoms with Gasteiger partial charge in [0.1, 0.15) is 11.7 Å². The molecule has 0 saturated carbocycles. The van der Waals surface area contributed by atoms with Crippen molar-refractivity contribution in [2.45, 2.75) is 116 Å². The largest absolute Gasteiger partial charge is 0.514 e. The number of ether oxygens (including phenoxy) is 3. The molecule has 2 aliphatic rings. The number of alkyl carbamates (subject to hydrolysis) is 1. The molecule has 1 unspecified atom stereocenters. The minimum Gasteiger partial charge on any atom is -0.453 e. The van der Waals surface area contributed by atoms with Crippen molar-refractivity contribution >= 4 is 37.2 Å². The molecule has 0 radical (unpaired) electrons. The Balaban J connectivity index is 3.18. The zero-order chi connectivity index (χ0) is 35.0. The van der Waals surface area contributed by atoms with Gasteiger partial charge in [0, 0.05) is 17.2 Å². The van der Waals surface area contributed by atoms with Gasteiger partial charge in [-0.1, -0.05) is 50.5 Å². The molecule has 0 aromatic heterocycles. The van der Waals surface area contributed by atoms with E-state index in [1.807, 2.05) is 6.08 Å². The van der Waals surface area contributed by atoms with Crippen LogP contribution in [0.3, 0.4) is 0 Å². The second-order valence-electron chi connectivity index (χ2n) is 14.1. The van der Waals surface area contributed by atoms with Crippen molar-refractivity contribution in [2.75, 3.05) is 13.7 Å². The van der Waals surface area contributed by atoms with Crippen molar-refractivity contribution in [1.82, 2.24) is 5.32 Å². The fourth-order valence-electron chi connectivity index (χ4n) is 4.83. The fraction of sp³-hybridized carbons (Fsp3) is 0.588. The lowest BCUT2D eigenvalue weighted by Crippen LogP contribution is -2.51. The summed E-state index contributed by atoms with van der Waals surface area (Å²) in [6, 6.07) is 2.49. The van der Waals surface area contributed by atoms with Crippen LogP contribution in [0.4, 0.5) is 9.59 Å². The van der Waals surface area contributed by atoms with E-state index in [9.17, 15) is 9.59 Å². The van der Waals surface area contributed by atoms with E-state index in [0.29, 0.717) is 11.1 Å². The molecule has 2 atom stereocenters. The van der Waals surface area contributed by atoms with E-state index < -0.39 is 54.5 Å². The van der Waals surface area contributed by atoms with Crippen LogP contribution in [0.15, 0.2) is 46.9 Å². The molecular weight excluding hydrogens is 635 g/mol. The number of carbonyl (C=O) groups excluding carboxylic acids is 2. The second kappa shape index (κ2) is 15.8. The van der Waals surface area contributed by atoms with Crippen molar-refractivity contribution in [3.63, 3.8) is 0 Å². The molecule has 0 spiro atoms. The molecule has 2 rings (SSSR count). The van der Waals surface area contributed by atoms with Crippen LogP contribution < -0.4 is 5.32 Å². The SMILES string of the molecule is CC[Si](CC)(CC)OC12C#C/C=C\C#C[C@H](O[Si](C)(C)C)C(=C(NC(=O)OC)C(OC(=O)OC(C)(C)C)=C1)/C2=C\CO[Si](C)(C)C. The van der Waals surface area contributed by atoms with E-state index in [1.165, 1.54) is 7.11 Å². The van der Waals surface area contributed by atoms with Gasteiger partial charge in [-0.2, -0.15) is 0 Å². The van der Waals surface area contributed by atoms with E-state index in [4.69, 9.17) is 27.5 Å². The van der Waals surface area contributed by atoms with Crippen LogP contribution in [-0.4, -0.2) is 68.2 Å². The number of allylic oxidation sites excluding steroid dienone is 2. The molecule has 0 saturated heterocycles. The highest BCUT2D eigenvalue weighted by Crippen LogP contribution is 2.44. The molecule has 0 heterocycles. The quantitative estimate of drug-likeness (QED) is 0.126. The summed E-state index contributed by atoms with van der Waals surface area (Å²) in [4.78, 5) is 26.2. The molecule has 2 bridgehead atoms. The van der Waals surface area contributed by atoms with Gasteiger partial charge in [0.05, 0.1) is 19.4 Å². The number of rotatable bonds is 12. The predicted molar refractivity (Wildman–Crippen MR) is 189 cm³/mol. The predicted octanol–water partition coefficient (Wildman–Crippen LogP) is 7.78. The average Bonchev–Trinajstić information content (AvgIpc) is 2.92. The number of amides is 1. The number of methoxy groups -OCH3 is 1. The second-order valence-corrected chi connectivity index (χ2v) is 27.8. The molecule has 12 heteroatoms.